The molecule has 1 heterocycles. The van der Waals surface area contributed by atoms with Gasteiger partial charge in [0, 0.05) is 32.6 Å². The van der Waals surface area contributed by atoms with E-state index in [0.717, 1.165) is 18.7 Å². The summed E-state index contributed by atoms with van der Waals surface area (Å²) in [4.78, 5) is 48.8. The number of ketones is 1. The third kappa shape index (κ3) is 16.6. The monoisotopic (exact) mass is 561 g/mol. The van der Waals surface area contributed by atoms with Crippen molar-refractivity contribution in [2.45, 2.75) is 112 Å². The average Bonchev–Trinajstić information content (AvgIpc) is 3.40. The predicted molar refractivity (Wildman–Crippen MR) is 164 cm³/mol. The largest absolute Gasteiger partial charge is 0.375 e. The number of hydrogen-bond donors (Lipinski definition) is 4. The highest BCUT2D eigenvalue weighted by Crippen LogP contribution is 2.19. The molecule has 0 aromatic heterocycles. The Kier molecular flexibility index (Phi) is 21.9. The molecule has 0 aromatic rings. The molecular weight excluding hydrogens is 506 g/mol. The summed E-state index contributed by atoms with van der Waals surface area (Å²) in [6.45, 7) is 19.5. The first-order chi connectivity index (χ1) is 18.9. The minimum Gasteiger partial charge on any atom is -0.375 e. The van der Waals surface area contributed by atoms with Crippen molar-refractivity contribution in [1.82, 2.24) is 26.2 Å². The Labute approximate surface area is 243 Å². The molecule has 1 aliphatic rings. The van der Waals surface area contributed by atoms with E-state index in [2.05, 4.69) is 88.3 Å². The Balaban J connectivity index is 0. The van der Waals surface area contributed by atoms with E-state index in [9.17, 15) is 19.2 Å². The maximum absolute atomic E-state index is 12.3. The van der Waals surface area contributed by atoms with E-state index in [1.807, 2.05) is 7.05 Å². The van der Waals surface area contributed by atoms with Crippen molar-refractivity contribution in [2.75, 3.05) is 20.1 Å². The van der Waals surface area contributed by atoms with E-state index in [0.29, 0.717) is 43.7 Å². The molecule has 1 rings (SSSR count). The fraction of sp³-hybridized carbons (Fsp3) is 0.677. The molecule has 4 N–H and O–H groups in total. The van der Waals surface area contributed by atoms with Gasteiger partial charge in [-0.2, -0.15) is 0 Å². The van der Waals surface area contributed by atoms with Crippen molar-refractivity contribution in [3.05, 3.63) is 24.6 Å². The van der Waals surface area contributed by atoms with Crippen LogP contribution in [0.3, 0.4) is 0 Å². The second-order valence-corrected chi connectivity index (χ2v) is 10.7. The number of unbranched alkanes of at least 4 members (excludes halogenated alkanes) is 1. The standard InChI is InChI=1S/C17H23N3O4.C11H24N2.C3H8/c1-3-5-6-8-13(15(22)17(24)18-10-4-2)19-16(23)14-9-7-11-20(14)12-21;1-7-8-10(12-6)13-9(2)11(3,4)5;1-3-2/h1,4,12-14H,2,5-11H2,(H,18,24)(H,19,23);8-9,12-13H,7H2,1-6H3;3H2,1-2H3/b;10-8-;. The van der Waals surface area contributed by atoms with Gasteiger partial charge in [0.15, 0.2) is 0 Å². The van der Waals surface area contributed by atoms with Crippen molar-refractivity contribution < 1.29 is 19.2 Å². The Hall–Kier alpha value is -3.28. The number of rotatable bonds is 14. The van der Waals surface area contributed by atoms with Crippen LogP contribution in [0, 0.1) is 17.8 Å². The number of hydrogen-bond acceptors (Lipinski definition) is 6. The summed E-state index contributed by atoms with van der Waals surface area (Å²) in [5.41, 5.74) is 0.295. The van der Waals surface area contributed by atoms with Gasteiger partial charge in [-0.25, -0.2) is 0 Å². The summed E-state index contributed by atoms with van der Waals surface area (Å²) in [7, 11) is 1.95. The number of Topliss-reactive ketones (excluding diaryl/α,β-unsaturated/α-hetero) is 1. The van der Waals surface area contributed by atoms with Crippen molar-refractivity contribution in [3.8, 4) is 12.3 Å². The van der Waals surface area contributed by atoms with Crippen LogP contribution in [0.25, 0.3) is 0 Å². The third-order valence-corrected chi connectivity index (χ3v) is 6.16. The van der Waals surface area contributed by atoms with E-state index in [1.165, 1.54) is 17.4 Å². The Morgan fingerprint density at radius 2 is 1.80 bits per heavy atom. The first-order valence-corrected chi connectivity index (χ1v) is 14.4. The summed E-state index contributed by atoms with van der Waals surface area (Å²) in [6.07, 6.45) is 14.2. The quantitative estimate of drug-likeness (QED) is 0.0845. The molecule has 3 amide bonds. The molecule has 1 saturated heterocycles. The molecule has 9 heteroatoms. The molecule has 0 radical (unpaired) electrons. The molecule has 3 atom stereocenters. The van der Waals surface area contributed by atoms with Gasteiger partial charge >= 0.3 is 0 Å². The summed E-state index contributed by atoms with van der Waals surface area (Å²) < 4.78 is 0. The lowest BCUT2D eigenvalue weighted by Gasteiger charge is -2.30. The Bertz CT molecular complexity index is 842. The fourth-order valence-electron chi connectivity index (χ4n) is 3.44. The molecule has 1 aliphatic heterocycles. The van der Waals surface area contributed by atoms with Crippen LogP contribution in [0.1, 0.15) is 93.4 Å². The maximum Gasteiger partial charge on any atom is 0.289 e. The highest BCUT2D eigenvalue weighted by Gasteiger charge is 2.33. The van der Waals surface area contributed by atoms with Crippen LogP contribution in [0.5, 0.6) is 0 Å². The summed E-state index contributed by atoms with van der Waals surface area (Å²) in [5, 5.41) is 11.6. The minimum atomic E-state index is -0.954. The van der Waals surface area contributed by atoms with Gasteiger partial charge in [0.25, 0.3) is 5.91 Å². The van der Waals surface area contributed by atoms with Crippen molar-refractivity contribution in [3.63, 3.8) is 0 Å². The second kappa shape index (κ2) is 22.5. The maximum atomic E-state index is 12.3. The molecule has 0 aromatic carbocycles. The molecular formula is C31H55N5O4. The van der Waals surface area contributed by atoms with Crippen LogP contribution in [-0.4, -0.2) is 67.2 Å². The van der Waals surface area contributed by atoms with Crippen LogP contribution in [0.2, 0.25) is 0 Å². The highest BCUT2D eigenvalue weighted by molar-refractivity contribution is 6.38. The predicted octanol–water partition coefficient (Wildman–Crippen LogP) is 3.66. The number of likely N-dealkylation sites (tertiary alicyclic amines) is 1. The van der Waals surface area contributed by atoms with E-state index in [-0.39, 0.29) is 13.0 Å². The number of allylic oxidation sites excluding steroid dienone is 1. The van der Waals surface area contributed by atoms with E-state index in [1.54, 1.807) is 0 Å². The van der Waals surface area contributed by atoms with Gasteiger partial charge in [0.1, 0.15) is 6.04 Å². The molecule has 40 heavy (non-hydrogen) atoms. The molecule has 3 unspecified atom stereocenters. The van der Waals surface area contributed by atoms with Gasteiger partial charge < -0.3 is 26.2 Å². The smallest absolute Gasteiger partial charge is 0.289 e. The van der Waals surface area contributed by atoms with Crippen LogP contribution in [0.4, 0.5) is 0 Å². The van der Waals surface area contributed by atoms with Crippen LogP contribution in [-0.2, 0) is 19.2 Å². The molecule has 0 spiro atoms. The number of terminal acetylenes is 1. The SMILES string of the molecule is C#CCCCC(NC(=O)C1CCCN1C=O)C(=O)C(=O)NCC=C.CC/C=C(/NC)NC(C)C(C)(C)C.CCC. The van der Waals surface area contributed by atoms with Gasteiger partial charge in [0.05, 0.1) is 11.9 Å². The molecule has 0 aliphatic carbocycles. The number of nitrogens with zero attached hydrogens (tertiary/aromatic N) is 1. The molecule has 0 bridgehead atoms. The summed E-state index contributed by atoms with van der Waals surface area (Å²) in [5.74, 6) is 1.66. The molecule has 1 fully saturated rings. The zero-order chi connectivity index (χ0) is 31.1. The summed E-state index contributed by atoms with van der Waals surface area (Å²) in [6, 6.07) is -1.08. The number of carbonyl (C=O) groups is 4. The first-order valence-electron chi connectivity index (χ1n) is 14.4. The van der Waals surface area contributed by atoms with Gasteiger partial charge in [0.2, 0.25) is 18.1 Å². The second-order valence-electron chi connectivity index (χ2n) is 10.7. The van der Waals surface area contributed by atoms with Crippen molar-refractivity contribution in [1.29, 1.82) is 0 Å². The molecule has 9 nitrogen and oxygen atoms in total. The third-order valence-electron chi connectivity index (χ3n) is 6.16. The lowest BCUT2D eigenvalue weighted by Crippen LogP contribution is -2.52. The van der Waals surface area contributed by atoms with E-state index in [4.69, 9.17) is 6.42 Å². The zero-order valence-corrected chi connectivity index (χ0v) is 26.2. The normalized spacial score (nSPS) is 15.9. The van der Waals surface area contributed by atoms with Crippen LogP contribution < -0.4 is 21.3 Å². The fourth-order valence-corrected chi connectivity index (χ4v) is 3.44. The summed E-state index contributed by atoms with van der Waals surface area (Å²) >= 11 is 0. The zero-order valence-electron chi connectivity index (χ0n) is 26.2. The molecule has 0 saturated carbocycles. The highest BCUT2D eigenvalue weighted by atomic mass is 16.2. The van der Waals surface area contributed by atoms with Crippen LogP contribution >= 0.6 is 0 Å². The van der Waals surface area contributed by atoms with Crippen molar-refractivity contribution >= 4 is 24.0 Å². The average molecular weight is 562 g/mol. The Morgan fingerprint density at radius 3 is 2.27 bits per heavy atom. The number of nitrogens with one attached hydrogen (secondary N) is 4. The lowest BCUT2D eigenvalue weighted by atomic mass is 9.88. The minimum absolute atomic E-state index is 0.164. The van der Waals surface area contributed by atoms with Gasteiger partial charge in [-0.05, 0) is 50.5 Å². The Morgan fingerprint density at radius 1 is 1.18 bits per heavy atom. The lowest BCUT2D eigenvalue weighted by molar-refractivity contribution is -0.140. The van der Waals surface area contributed by atoms with Gasteiger partial charge in [-0.15, -0.1) is 18.9 Å². The number of amides is 3. The van der Waals surface area contributed by atoms with E-state index >= 15 is 0 Å². The van der Waals surface area contributed by atoms with Crippen molar-refractivity contribution in [2.24, 2.45) is 5.41 Å². The molecule has 228 valence electrons. The van der Waals surface area contributed by atoms with Gasteiger partial charge in [-0.3, -0.25) is 19.2 Å². The van der Waals surface area contributed by atoms with E-state index < -0.39 is 29.7 Å². The number of carbonyl (C=O) groups excluding carboxylic acids is 4. The topological polar surface area (TPSA) is 120 Å². The van der Waals surface area contributed by atoms with Gasteiger partial charge in [-0.1, -0.05) is 54.0 Å². The first kappa shape index (κ1) is 38.9. The van der Waals surface area contributed by atoms with Crippen LogP contribution in [0.15, 0.2) is 24.6 Å².